The van der Waals surface area contributed by atoms with Crippen molar-refractivity contribution in [3.05, 3.63) is 34.3 Å². The molecular formula is C22H27N3O5. The van der Waals surface area contributed by atoms with Crippen LogP contribution in [0.1, 0.15) is 31.7 Å². The zero-order valence-electron chi connectivity index (χ0n) is 17.7. The molecule has 2 heterocycles. The van der Waals surface area contributed by atoms with Crippen molar-refractivity contribution >= 4 is 11.3 Å². The number of nitrogens with one attached hydrogen (secondary N) is 1. The van der Waals surface area contributed by atoms with Crippen LogP contribution in [-0.4, -0.2) is 55.2 Å². The van der Waals surface area contributed by atoms with Gasteiger partial charge in [-0.3, -0.25) is 0 Å². The third-order valence-corrected chi connectivity index (χ3v) is 5.58. The van der Waals surface area contributed by atoms with E-state index in [1.807, 2.05) is 19.1 Å². The Labute approximate surface area is 175 Å². The van der Waals surface area contributed by atoms with Gasteiger partial charge in [0.25, 0.3) is 0 Å². The van der Waals surface area contributed by atoms with Crippen molar-refractivity contribution in [3.63, 3.8) is 0 Å². The Balaban J connectivity index is 2.04. The van der Waals surface area contributed by atoms with Gasteiger partial charge in [0.05, 0.1) is 45.3 Å². The number of methoxy groups -OCH3 is 3. The van der Waals surface area contributed by atoms with Gasteiger partial charge >= 0.3 is 6.01 Å². The van der Waals surface area contributed by atoms with Crippen molar-refractivity contribution in [1.29, 1.82) is 0 Å². The maximum absolute atomic E-state index is 10.3. The average Bonchev–Trinajstić information content (AvgIpc) is 2.78. The molecule has 1 aromatic heterocycles. The second-order valence-corrected chi connectivity index (χ2v) is 7.29. The predicted molar refractivity (Wildman–Crippen MR) is 111 cm³/mol. The summed E-state index contributed by atoms with van der Waals surface area (Å²) in [6.07, 6.45) is 3.54. The highest BCUT2D eigenvalue weighted by atomic mass is 16.5. The summed E-state index contributed by atoms with van der Waals surface area (Å²) >= 11 is 0. The van der Waals surface area contributed by atoms with Gasteiger partial charge in [0.2, 0.25) is 5.88 Å². The third-order valence-electron chi connectivity index (χ3n) is 5.58. The lowest BCUT2D eigenvalue weighted by Crippen LogP contribution is -2.49. The molecule has 1 aliphatic heterocycles. The van der Waals surface area contributed by atoms with E-state index in [1.165, 1.54) is 12.7 Å². The van der Waals surface area contributed by atoms with E-state index in [-0.39, 0.29) is 18.2 Å². The number of aromatic nitrogens is 2. The average molecular weight is 413 g/mol. The fraction of sp³-hybridized carbons (Fsp3) is 0.455. The standard InChI is InChI=1S/C22H27N3O5/c1-5-30-19-9-13-14-8-12(26)6-7-17(14)24-20(15(13)10-18(19)27-2)16-11-23-22(29-4)25-21(16)28-3/h9-12,17,24,26H,5-8H2,1-4H3/t12-,17-/m1/s1. The van der Waals surface area contributed by atoms with Crippen molar-refractivity contribution in [1.82, 2.24) is 15.3 Å². The zero-order chi connectivity index (χ0) is 21.3. The van der Waals surface area contributed by atoms with Crippen LogP contribution in [0.4, 0.5) is 0 Å². The Kier molecular flexibility index (Phi) is 5.67. The Morgan fingerprint density at radius 2 is 1.87 bits per heavy atom. The van der Waals surface area contributed by atoms with Crippen molar-refractivity contribution in [2.45, 2.75) is 38.3 Å². The normalized spacial score (nSPS) is 20.0. The first-order chi connectivity index (χ1) is 14.6. The lowest BCUT2D eigenvalue weighted by atomic mass is 9.83. The van der Waals surface area contributed by atoms with Crippen LogP contribution in [0.3, 0.4) is 0 Å². The molecule has 0 saturated heterocycles. The van der Waals surface area contributed by atoms with Crippen molar-refractivity contribution in [3.8, 4) is 23.4 Å². The van der Waals surface area contributed by atoms with Gasteiger partial charge in [-0.05, 0) is 49.1 Å². The number of ether oxygens (including phenoxy) is 4. The number of nitrogens with zero attached hydrogens (tertiary/aromatic N) is 2. The van der Waals surface area contributed by atoms with Gasteiger partial charge in [-0.1, -0.05) is 0 Å². The minimum atomic E-state index is -0.344. The third kappa shape index (κ3) is 3.52. The first-order valence-electron chi connectivity index (χ1n) is 10.1. The Morgan fingerprint density at radius 1 is 1.07 bits per heavy atom. The summed E-state index contributed by atoms with van der Waals surface area (Å²) in [6.45, 7) is 2.48. The molecule has 160 valence electrons. The van der Waals surface area contributed by atoms with Gasteiger partial charge in [-0.2, -0.15) is 4.98 Å². The van der Waals surface area contributed by atoms with E-state index in [0.717, 1.165) is 34.5 Å². The Morgan fingerprint density at radius 3 is 2.57 bits per heavy atom. The maximum Gasteiger partial charge on any atom is 0.319 e. The van der Waals surface area contributed by atoms with Gasteiger partial charge in [0, 0.05) is 17.5 Å². The fourth-order valence-corrected chi connectivity index (χ4v) is 4.20. The molecule has 30 heavy (non-hydrogen) atoms. The van der Waals surface area contributed by atoms with Crippen LogP contribution in [0.15, 0.2) is 18.3 Å². The molecular weight excluding hydrogens is 386 g/mol. The minimum Gasteiger partial charge on any atom is -0.493 e. The first kappa shape index (κ1) is 20.3. The van der Waals surface area contributed by atoms with Crippen molar-refractivity contribution in [2.75, 3.05) is 27.9 Å². The fourth-order valence-electron chi connectivity index (χ4n) is 4.20. The van der Waals surface area contributed by atoms with Crippen LogP contribution in [0.25, 0.3) is 11.3 Å². The number of aliphatic hydroxyl groups is 1. The first-order valence-corrected chi connectivity index (χ1v) is 10.1. The van der Waals surface area contributed by atoms with Crippen LogP contribution >= 0.6 is 0 Å². The molecule has 4 rings (SSSR count). The van der Waals surface area contributed by atoms with Crippen LogP contribution in [0, 0.1) is 0 Å². The van der Waals surface area contributed by atoms with E-state index in [0.29, 0.717) is 30.4 Å². The molecule has 8 heteroatoms. The molecule has 1 saturated carbocycles. The summed E-state index contributed by atoms with van der Waals surface area (Å²) in [6, 6.07) is 4.31. The largest absolute Gasteiger partial charge is 0.493 e. The van der Waals surface area contributed by atoms with Crippen LogP contribution in [0.5, 0.6) is 23.4 Å². The topological polar surface area (TPSA) is 95.0 Å². The van der Waals surface area contributed by atoms with Gasteiger partial charge in [-0.15, -0.1) is 0 Å². The van der Waals surface area contributed by atoms with Gasteiger partial charge in [0.15, 0.2) is 11.5 Å². The number of benzene rings is 1. The molecule has 0 radical (unpaired) electrons. The highest BCUT2D eigenvalue weighted by Crippen LogP contribution is 2.32. The summed E-state index contributed by atoms with van der Waals surface area (Å²) < 4.78 is 22.1. The highest BCUT2D eigenvalue weighted by Gasteiger charge is 2.30. The smallest absolute Gasteiger partial charge is 0.319 e. The summed E-state index contributed by atoms with van der Waals surface area (Å²) in [7, 11) is 4.71. The zero-order valence-corrected chi connectivity index (χ0v) is 17.7. The SMILES string of the molecule is CCOc1cc2c(cc1OC)=C(c1cnc(OC)nc1OC)N[C@@H]1CC[C@@H](O)CC=21. The summed E-state index contributed by atoms with van der Waals surface area (Å²) in [5.41, 5.74) is 2.76. The van der Waals surface area contributed by atoms with E-state index in [1.54, 1.807) is 20.4 Å². The molecule has 0 spiro atoms. The molecule has 0 amide bonds. The molecule has 0 bridgehead atoms. The molecule has 1 aliphatic carbocycles. The number of aliphatic hydroxyl groups excluding tert-OH is 1. The van der Waals surface area contributed by atoms with Gasteiger partial charge < -0.3 is 29.4 Å². The van der Waals surface area contributed by atoms with Crippen molar-refractivity contribution < 1.29 is 24.1 Å². The van der Waals surface area contributed by atoms with E-state index >= 15 is 0 Å². The minimum absolute atomic E-state index is 0.102. The summed E-state index contributed by atoms with van der Waals surface area (Å²) in [5, 5.41) is 15.9. The molecule has 1 aromatic carbocycles. The van der Waals surface area contributed by atoms with Crippen LogP contribution in [-0.2, 0) is 0 Å². The van der Waals surface area contributed by atoms with Gasteiger partial charge in [0.1, 0.15) is 0 Å². The number of hydrogen-bond acceptors (Lipinski definition) is 8. The lowest BCUT2D eigenvalue weighted by Gasteiger charge is -2.34. The molecule has 2 aromatic rings. The number of hydrogen-bond donors (Lipinski definition) is 2. The van der Waals surface area contributed by atoms with E-state index in [2.05, 4.69) is 15.3 Å². The van der Waals surface area contributed by atoms with Crippen molar-refractivity contribution in [2.24, 2.45) is 0 Å². The molecule has 1 fully saturated rings. The summed E-state index contributed by atoms with van der Waals surface area (Å²) in [4.78, 5) is 8.63. The Hall–Kier alpha value is -3.00. The van der Waals surface area contributed by atoms with Gasteiger partial charge in [-0.25, -0.2) is 4.98 Å². The van der Waals surface area contributed by atoms with E-state index in [4.69, 9.17) is 18.9 Å². The maximum atomic E-state index is 10.3. The van der Waals surface area contributed by atoms with E-state index in [9.17, 15) is 5.11 Å². The quantitative estimate of drug-likeness (QED) is 0.716. The monoisotopic (exact) mass is 413 g/mol. The molecule has 8 nitrogen and oxygen atoms in total. The molecule has 2 N–H and O–H groups in total. The summed E-state index contributed by atoms with van der Waals surface area (Å²) in [5.74, 6) is 1.74. The van der Waals surface area contributed by atoms with Crippen LogP contribution < -0.4 is 34.7 Å². The number of fused-ring (bicyclic) bond motifs is 2. The second-order valence-electron chi connectivity index (χ2n) is 7.29. The van der Waals surface area contributed by atoms with E-state index < -0.39 is 0 Å². The lowest BCUT2D eigenvalue weighted by molar-refractivity contribution is 0.152. The predicted octanol–water partition coefficient (Wildman–Crippen LogP) is 0.725. The second kappa shape index (κ2) is 8.39. The highest BCUT2D eigenvalue weighted by molar-refractivity contribution is 5.74. The molecule has 2 atom stereocenters. The Bertz CT molecular complexity index is 1070. The number of rotatable bonds is 6. The molecule has 0 unspecified atom stereocenters. The van der Waals surface area contributed by atoms with Crippen LogP contribution in [0.2, 0.25) is 0 Å². The molecule has 2 aliphatic rings.